The number of hydrogen-bond donors (Lipinski definition) is 2. The van der Waals surface area contributed by atoms with Gasteiger partial charge in [-0.25, -0.2) is 0 Å². The van der Waals surface area contributed by atoms with Crippen LogP contribution in [0.25, 0.3) is 0 Å². The van der Waals surface area contributed by atoms with E-state index in [-0.39, 0.29) is 12.5 Å². The minimum absolute atomic E-state index is 0.0468. The average Bonchev–Trinajstić information content (AvgIpc) is 2.43. The molecule has 5 heteroatoms. The maximum absolute atomic E-state index is 11.7. The number of benzene rings is 1. The highest BCUT2D eigenvalue weighted by Gasteiger charge is 2.13. The Kier molecular flexibility index (Phi) is 6.92. The Morgan fingerprint density at radius 2 is 2.26 bits per heavy atom. The van der Waals surface area contributed by atoms with Crippen molar-refractivity contribution in [3.8, 4) is 5.75 Å². The number of carbonyl (C=O) groups excluding carboxylic acids is 1. The van der Waals surface area contributed by atoms with Gasteiger partial charge in [-0.1, -0.05) is 12.1 Å². The molecule has 0 saturated carbocycles. The summed E-state index contributed by atoms with van der Waals surface area (Å²) in [4.78, 5) is 11.7. The van der Waals surface area contributed by atoms with Gasteiger partial charge in [-0.2, -0.15) is 0 Å². The zero-order chi connectivity index (χ0) is 14.1. The number of rotatable bonds is 8. The van der Waals surface area contributed by atoms with E-state index in [1.54, 1.807) is 38.3 Å². The molecule has 1 rings (SSSR count). The molecular weight excluding hydrogens is 246 g/mol. The SMILES string of the molecule is COCCCNC(=O)C(C)Oc1cccc(CO)c1. The molecule has 1 aromatic carbocycles. The van der Waals surface area contributed by atoms with Gasteiger partial charge in [0, 0.05) is 20.3 Å². The highest BCUT2D eigenvalue weighted by atomic mass is 16.5. The van der Waals surface area contributed by atoms with Gasteiger partial charge < -0.3 is 19.9 Å². The van der Waals surface area contributed by atoms with Gasteiger partial charge in [0.05, 0.1) is 6.61 Å². The van der Waals surface area contributed by atoms with Crippen LogP contribution in [0.4, 0.5) is 0 Å². The van der Waals surface area contributed by atoms with Gasteiger partial charge in [-0.3, -0.25) is 4.79 Å². The molecule has 0 radical (unpaired) electrons. The Morgan fingerprint density at radius 3 is 2.95 bits per heavy atom. The fourth-order valence-electron chi connectivity index (χ4n) is 1.55. The van der Waals surface area contributed by atoms with E-state index < -0.39 is 6.10 Å². The Bertz CT molecular complexity index is 395. The monoisotopic (exact) mass is 267 g/mol. The molecule has 106 valence electrons. The Labute approximate surface area is 113 Å². The first-order valence-corrected chi connectivity index (χ1v) is 6.30. The molecule has 1 aromatic rings. The third-order valence-electron chi connectivity index (χ3n) is 2.59. The zero-order valence-corrected chi connectivity index (χ0v) is 11.4. The number of ether oxygens (including phenoxy) is 2. The summed E-state index contributed by atoms with van der Waals surface area (Å²) in [5.41, 5.74) is 0.755. The van der Waals surface area contributed by atoms with Crippen molar-refractivity contribution >= 4 is 5.91 Å². The summed E-state index contributed by atoms with van der Waals surface area (Å²) in [6, 6.07) is 7.05. The lowest BCUT2D eigenvalue weighted by Crippen LogP contribution is -2.37. The zero-order valence-electron chi connectivity index (χ0n) is 11.4. The highest BCUT2D eigenvalue weighted by Crippen LogP contribution is 2.14. The van der Waals surface area contributed by atoms with Crippen molar-refractivity contribution in [2.75, 3.05) is 20.3 Å². The van der Waals surface area contributed by atoms with Crippen LogP contribution in [0, 0.1) is 0 Å². The number of nitrogens with one attached hydrogen (secondary N) is 1. The van der Waals surface area contributed by atoms with Crippen LogP contribution in [0.2, 0.25) is 0 Å². The molecule has 0 spiro atoms. The van der Waals surface area contributed by atoms with Crippen LogP contribution in [0.15, 0.2) is 24.3 Å². The average molecular weight is 267 g/mol. The first-order valence-electron chi connectivity index (χ1n) is 6.30. The van der Waals surface area contributed by atoms with Crippen molar-refractivity contribution in [1.29, 1.82) is 0 Å². The molecule has 0 bridgehead atoms. The second-order valence-corrected chi connectivity index (χ2v) is 4.20. The van der Waals surface area contributed by atoms with Crippen LogP contribution in [0.5, 0.6) is 5.75 Å². The van der Waals surface area contributed by atoms with Crippen LogP contribution in [-0.2, 0) is 16.1 Å². The first-order chi connectivity index (χ1) is 9.17. The van der Waals surface area contributed by atoms with Crippen LogP contribution in [0.1, 0.15) is 18.9 Å². The van der Waals surface area contributed by atoms with Crippen molar-refractivity contribution in [2.24, 2.45) is 0 Å². The van der Waals surface area contributed by atoms with Crippen molar-refractivity contribution in [2.45, 2.75) is 26.1 Å². The third-order valence-corrected chi connectivity index (χ3v) is 2.59. The van der Waals surface area contributed by atoms with Gasteiger partial charge in [0.25, 0.3) is 5.91 Å². The lowest BCUT2D eigenvalue weighted by molar-refractivity contribution is -0.127. The molecule has 0 heterocycles. The van der Waals surface area contributed by atoms with Crippen molar-refractivity contribution in [3.63, 3.8) is 0 Å². The maximum Gasteiger partial charge on any atom is 0.260 e. The second-order valence-electron chi connectivity index (χ2n) is 4.20. The van der Waals surface area contributed by atoms with Gasteiger partial charge >= 0.3 is 0 Å². The van der Waals surface area contributed by atoms with Crippen molar-refractivity contribution in [3.05, 3.63) is 29.8 Å². The largest absolute Gasteiger partial charge is 0.481 e. The van der Waals surface area contributed by atoms with Crippen LogP contribution in [-0.4, -0.2) is 37.4 Å². The lowest BCUT2D eigenvalue weighted by atomic mass is 10.2. The van der Waals surface area contributed by atoms with E-state index in [4.69, 9.17) is 14.6 Å². The predicted octanol–water partition coefficient (Wildman–Crippen LogP) is 1.10. The summed E-state index contributed by atoms with van der Waals surface area (Å²) in [6.45, 7) is 2.83. The molecule has 19 heavy (non-hydrogen) atoms. The summed E-state index contributed by atoms with van der Waals surface area (Å²) in [7, 11) is 1.63. The van der Waals surface area contributed by atoms with Gasteiger partial charge in [-0.15, -0.1) is 0 Å². The fourth-order valence-corrected chi connectivity index (χ4v) is 1.55. The maximum atomic E-state index is 11.7. The Morgan fingerprint density at radius 1 is 1.47 bits per heavy atom. The van der Waals surface area contributed by atoms with Gasteiger partial charge in [-0.05, 0) is 31.0 Å². The number of hydrogen-bond acceptors (Lipinski definition) is 4. The Balaban J connectivity index is 2.40. The van der Waals surface area contributed by atoms with E-state index in [9.17, 15) is 4.79 Å². The van der Waals surface area contributed by atoms with Gasteiger partial charge in [0.2, 0.25) is 0 Å². The number of methoxy groups -OCH3 is 1. The van der Waals surface area contributed by atoms with E-state index in [0.717, 1.165) is 12.0 Å². The predicted molar refractivity (Wildman–Crippen MR) is 72.0 cm³/mol. The molecule has 0 aliphatic rings. The quantitative estimate of drug-likeness (QED) is 0.692. The minimum atomic E-state index is -0.573. The number of aliphatic hydroxyl groups is 1. The molecule has 0 aliphatic carbocycles. The summed E-state index contributed by atoms with van der Waals surface area (Å²) < 4.78 is 10.4. The fraction of sp³-hybridized carbons (Fsp3) is 0.500. The molecule has 0 aromatic heterocycles. The van der Waals surface area contributed by atoms with E-state index in [2.05, 4.69) is 5.32 Å². The number of amides is 1. The molecule has 1 amide bonds. The minimum Gasteiger partial charge on any atom is -0.481 e. The summed E-state index contributed by atoms with van der Waals surface area (Å²) in [6.07, 6.45) is 0.200. The molecule has 1 unspecified atom stereocenters. The van der Waals surface area contributed by atoms with E-state index in [0.29, 0.717) is 18.9 Å². The number of aliphatic hydroxyl groups excluding tert-OH is 1. The Hall–Kier alpha value is -1.59. The second kappa shape index (κ2) is 8.50. The normalized spacial score (nSPS) is 11.9. The van der Waals surface area contributed by atoms with Crippen molar-refractivity contribution < 1.29 is 19.4 Å². The van der Waals surface area contributed by atoms with Crippen molar-refractivity contribution in [1.82, 2.24) is 5.32 Å². The summed E-state index contributed by atoms with van der Waals surface area (Å²) in [5, 5.41) is 11.8. The number of carbonyl (C=O) groups is 1. The lowest BCUT2D eigenvalue weighted by Gasteiger charge is -2.15. The topological polar surface area (TPSA) is 67.8 Å². The smallest absolute Gasteiger partial charge is 0.260 e. The summed E-state index contributed by atoms with van der Waals surface area (Å²) >= 11 is 0. The van der Waals surface area contributed by atoms with Gasteiger partial charge in [0.15, 0.2) is 6.10 Å². The summed E-state index contributed by atoms with van der Waals surface area (Å²) in [5.74, 6) is 0.414. The third kappa shape index (κ3) is 5.72. The van der Waals surface area contributed by atoms with Crippen LogP contribution < -0.4 is 10.1 Å². The molecule has 2 N–H and O–H groups in total. The van der Waals surface area contributed by atoms with Crippen LogP contribution in [0.3, 0.4) is 0 Å². The molecule has 0 fully saturated rings. The van der Waals surface area contributed by atoms with E-state index >= 15 is 0 Å². The van der Waals surface area contributed by atoms with Crippen LogP contribution >= 0.6 is 0 Å². The molecule has 1 atom stereocenters. The highest BCUT2D eigenvalue weighted by molar-refractivity contribution is 5.80. The molecule has 0 saturated heterocycles. The molecule has 0 aliphatic heterocycles. The van der Waals surface area contributed by atoms with Gasteiger partial charge in [0.1, 0.15) is 5.75 Å². The van der Waals surface area contributed by atoms with E-state index in [1.807, 2.05) is 0 Å². The standard InChI is InChI=1S/C14H21NO4/c1-11(14(17)15-7-4-8-18-2)19-13-6-3-5-12(9-13)10-16/h3,5-6,9,11,16H,4,7-8,10H2,1-2H3,(H,15,17). The first kappa shape index (κ1) is 15.5. The van der Waals surface area contributed by atoms with E-state index in [1.165, 1.54) is 0 Å². The molecular formula is C14H21NO4. The molecule has 5 nitrogen and oxygen atoms in total.